The molecule has 0 bridgehead atoms. The van der Waals surface area contributed by atoms with Gasteiger partial charge in [-0.1, -0.05) is 13.2 Å². The van der Waals surface area contributed by atoms with Crippen LogP contribution in [0.3, 0.4) is 0 Å². The van der Waals surface area contributed by atoms with E-state index < -0.39 is 36.4 Å². The maximum atomic E-state index is 11.4. The van der Waals surface area contributed by atoms with Gasteiger partial charge in [0.1, 0.15) is 13.2 Å². The lowest BCUT2D eigenvalue weighted by molar-refractivity contribution is -0.155. The van der Waals surface area contributed by atoms with E-state index in [1.54, 1.807) is 0 Å². The second-order valence-corrected chi connectivity index (χ2v) is 3.49. The van der Waals surface area contributed by atoms with Crippen molar-refractivity contribution in [2.24, 2.45) is 5.92 Å². The molecule has 2 unspecified atom stereocenters. The summed E-state index contributed by atoms with van der Waals surface area (Å²) in [6.45, 7) is 7.26. The first-order valence-electron chi connectivity index (χ1n) is 5.22. The Hall–Kier alpha value is -1.95. The van der Waals surface area contributed by atoms with Gasteiger partial charge in [0.05, 0.1) is 5.92 Å². The molecule has 0 aliphatic heterocycles. The summed E-state index contributed by atoms with van der Waals surface area (Å²) in [6, 6.07) is 0. The third kappa shape index (κ3) is 5.95. The highest BCUT2D eigenvalue weighted by atomic mass is 16.6. The summed E-state index contributed by atoms with van der Waals surface area (Å²) in [5, 5.41) is 9.21. The second kappa shape index (κ2) is 8.19. The van der Waals surface area contributed by atoms with Gasteiger partial charge in [-0.25, -0.2) is 4.79 Å². The molecule has 0 rings (SSSR count). The number of ether oxygens (including phenoxy) is 2. The van der Waals surface area contributed by atoms with Gasteiger partial charge < -0.3 is 14.6 Å². The fraction of sp³-hybridized carbons (Fsp3) is 0.417. The number of carbonyl (C=O) groups is 3. The summed E-state index contributed by atoms with van der Waals surface area (Å²) in [5.74, 6) is -2.65. The Labute approximate surface area is 105 Å². The van der Waals surface area contributed by atoms with E-state index in [0.717, 1.165) is 12.2 Å². The molecular weight excluding hydrogens is 240 g/mol. The predicted octanol–water partition coefficient (Wildman–Crippen LogP) is 0.0109. The zero-order chi connectivity index (χ0) is 14.1. The Bertz CT molecular complexity index is 346. The zero-order valence-electron chi connectivity index (χ0n) is 10.1. The Morgan fingerprint density at radius 3 is 2.28 bits per heavy atom. The van der Waals surface area contributed by atoms with Gasteiger partial charge in [-0.3, -0.25) is 9.59 Å². The van der Waals surface area contributed by atoms with Crippen molar-refractivity contribution in [3.8, 4) is 0 Å². The predicted molar refractivity (Wildman–Crippen MR) is 62.5 cm³/mol. The standard InChI is InChI=1S/C12H16O6/c1-4-9(13)10(14)7-18-12(16)8(3)6-17-11(15)5-2/h4-5,8,10,14H,1-2,6-7H2,3H3. The number of carbonyl (C=O) groups excluding carboxylic acids is 3. The van der Waals surface area contributed by atoms with E-state index in [9.17, 15) is 19.5 Å². The minimum atomic E-state index is -1.42. The molecule has 0 spiro atoms. The van der Waals surface area contributed by atoms with Gasteiger partial charge in [0.2, 0.25) is 0 Å². The van der Waals surface area contributed by atoms with Crippen LogP contribution >= 0.6 is 0 Å². The molecule has 0 amide bonds. The Morgan fingerprint density at radius 1 is 1.17 bits per heavy atom. The minimum absolute atomic E-state index is 0.158. The van der Waals surface area contributed by atoms with Crippen LogP contribution in [-0.2, 0) is 23.9 Å². The van der Waals surface area contributed by atoms with E-state index in [4.69, 9.17) is 0 Å². The molecule has 0 aliphatic rings. The average Bonchev–Trinajstić information content (AvgIpc) is 2.39. The Morgan fingerprint density at radius 2 is 1.78 bits per heavy atom. The summed E-state index contributed by atoms with van der Waals surface area (Å²) in [6.07, 6.45) is 0.493. The van der Waals surface area contributed by atoms with Gasteiger partial charge in [0, 0.05) is 6.08 Å². The van der Waals surface area contributed by atoms with E-state index in [-0.39, 0.29) is 6.61 Å². The van der Waals surface area contributed by atoms with Gasteiger partial charge in [-0.2, -0.15) is 0 Å². The van der Waals surface area contributed by atoms with Crippen molar-refractivity contribution in [2.75, 3.05) is 13.2 Å². The molecular formula is C12H16O6. The molecule has 100 valence electrons. The van der Waals surface area contributed by atoms with Crippen molar-refractivity contribution in [1.82, 2.24) is 0 Å². The van der Waals surface area contributed by atoms with Crippen LogP contribution < -0.4 is 0 Å². The molecule has 0 aliphatic carbocycles. The highest BCUT2D eigenvalue weighted by Gasteiger charge is 2.19. The molecule has 0 aromatic rings. The maximum absolute atomic E-state index is 11.4. The fourth-order valence-electron chi connectivity index (χ4n) is 0.856. The van der Waals surface area contributed by atoms with Crippen LogP contribution in [0.5, 0.6) is 0 Å². The average molecular weight is 256 g/mol. The summed E-state index contributed by atoms with van der Waals surface area (Å²) >= 11 is 0. The van der Waals surface area contributed by atoms with Gasteiger partial charge in [-0.05, 0) is 13.0 Å². The van der Waals surface area contributed by atoms with E-state index in [1.807, 2.05) is 0 Å². The fourth-order valence-corrected chi connectivity index (χ4v) is 0.856. The first kappa shape index (κ1) is 16.1. The number of ketones is 1. The third-order valence-electron chi connectivity index (χ3n) is 1.96. The molecule has 1 N–H and O–H groups in total. The van der Waals surface area contributed by atoms with Crippen LogP contribution in [0.4, 0.5) is 0 Å². The van der Waals surface area contributed by atoms with E-state index in [2.05, 4.69) is 22.6 Å². The number of esters is 2. The lowest BCUT2D eigenvalue weighted by Gasteiger charge is -2.13. The number of aliphatic hydroxyl groups excluding tert-OH is 1. The Balaban J connectivity index is 4.01. The smallest absolute Gasteiger partial charge is 0.330 e. The first-order chi connectivity index (χ1) is 8.42. The normalized spacial score (nSPS) is 13.0. The zero-order valence-corrected chi connectivity index (χ0v) is 10.1. The summed E-state index contributed by atoms with van der Waals surface area (Å²) in [7, 11) is 0. The van der Waals surface area contributed by atoms with Crippen LogP contribution in [0.15, 0.2) is 25.3 Å². The summed E-state index contributed by atoms with van der Waals surface area (Å²) in [5.41, 5.74) is 0. The highest BCUT2D eigenvalue weighted by Crippen LogP contribution is 2.01. The summed E-state index contributed by atoms with van der Waals surface area (Å²) in [4.78, 5) is 33.0. The quantitative estimate of drug-likeness (QED) is 0.486. The van der Waals surface area contributed by atoms with Crippen molar-refractivity contribution in [3.63, 3.8) is 0 Å². The molecule has 18 heavy (non-hydrogen) atoms. The Kier molecular flexibility index (Phi) is 7.30. The molecule has 0 radical (unpaired) electrons. The molecule has 0 saturated heterocycles. The molecule has 0 aromatic heterocycles. The van der Waals surface area contributed by atoms with Crippen LogP contribution in [0.25, 0.3) is 0 Å². The molecule has 6 heteroatoms. The topological polar surface area (TPSA) is 89.9 Å². The first-order valence-corrected chi connectivity index (χ1v) is 5.22. The van der Waals surface area contributed by atoms with Crippen LogP contribution in [-0.4, -0.2) is 42.1 Å². The second-order valence-electron chi connectivity index (χ2n) is 3.49. The van der Waals surface area contributed by atoms with Crippen molar-refractivity contribution >= 4 is 17.7 Å². The summed E-state index contributed by atoms with van der Waals surface area (Å²) < 4.78 is 9.33. The van der Waals surface area contributed by atoms with Crippen molar-refractivity contribution in [2.45, 2.75) is 13.0 Å². The number of aliphatic hydroxyl groups is 1. The van der Waals surface area contributed by atoms with Crippen LogP contribution in [0.2, 0.25) is 0 Å². The van der Waals surface area contributed by atoms with Crippen LogP contribution in [0, 0.1) is 5.92 Å². The molecule has 6 nitrogen and oxygen atoms in total. The monoisotopic (exact) mass is 256 g/mol. The van der Waals surface area contributed by atoms with Gasteiger partial charge >= 0.3 is 11.9 Å². The van der Waals surface area contributed by atoms with Crippen molar-refractivity contribution < 1.29 is 29.0 Å². The molecule has 0 aromatic carbocycles. The van der Waals surface area contributed by atoms with E-state index >= 15 is 0 Å². The van der Waals surface area contributed by atoms with Gasteiger partial charge in [0.25, 0.3) is 0 Å². The molecule has 0 heterocycles. The highest BCUT2D eigenvalue weighted by molar-refractivity contribution is 5.93. The maximum Gasteiger partial charge on any atom is 0.330 e. The van der Waals surface area contributed by atoms with E-state index in [0.29, 0.717) is 0 Å². The molecule has 0 fully saturated rings. The van der Waals surface area contributed by atoms with Crippen molar-refractivity contribution in [3.05, 3.63) is 25.3 Å². The van der Waals surface area contributed by atoms with Crippen LogP contribution in [0.1, 0.15) is 6.92 Å². The lowest BCUT2D eigenvalue weighted by Crippen LogP contribution is -2.29. The van der Waals surface area contributed by atoms with Crippen molar-refractivity contribution in [1.29, 1.82) is 0 Å². The molecule has 0 saturated carbocycles. The SMILES string of the molecule is C=CC(=O)OCC(C)C(=O)OCC(O)C(=O)C=C. The molecule has 2 atom stereocenters. The number of rotatable bonds is 8. The minimum Gasteiger partial charge on any atom is -0.462 e. The number of hydrogen-bond acceptors (Lipinski definition) is 6. The van der Waals surface area contributed by atoms with Gasteiger partial charge in [-0.15, -0.1) is 0 Å². The third-order valence-corrected chi connectivity index (χ3v) is 1.96. The number of hydrogen-bond donors (Lipinski definition) is 1. The van der Waals surface area contributed by atoms with E-state index in [1.165, 1.54) is 6.92 Å². The lowest BCUT2D eigenvalue weighted by atomic mass is 10.2. The largest absolute Gasteiger partial charge is 0.462 e. The van der Waals surface area contributed by atoms with Gasteiger partial charge in [0.15, 0.2) is 11.9 Å².